The fourth-order valence-corrected chi connectivity index (χ4v) is 1.09. The first-order chi connectivity index (χ1) is 7.87. The summed E-state index contributed by atoms with van der Waals surface area (Å²) in [6, 6.07) is 4.19. The first-order valence-corrected chi connectivity index (χ1v) is 5.00. The van der Waals surface area contributed by atoms with Gasteiger partial charge in [0.15, 0.2) is 0 Å². The van der Waals surface area contributed by atoms with Crippen LogP contribution in [-0.2, 0) is 0 Å². The maximum Gasteiger partial charge on any atom is 0.311 e. The topological polar surface area (TPSA) is 96.0 Å². The standard InChI is InChI=1S/C11H14N2O4/c1-11(2,7-14)12-6-8-4-3-5-9(10(8)15)13(16)17/h3-6,14-15H,7H2,1-2H3. The SMILES string of the molecule is CC(C)(CO)N=Cc1cccc([N+](=O)[O-])c1O. The van der Waals surface area contributed by atoms with Crippen LogP contribution in [0, 0.1) is 10.1 Å². The average molecular weight is 238 g/mol. The molecule has 0 bridgehead atoms. The van der Waals surface area contributed by atoms with E-state index in [1.807, 2.05) is 0 Å². The normalized spacial score (nSPS) is 11.9. The van der Waals surface area contributed by atoms with Crippen molar-refractivity contribution in [3.63, 3.8) is 0 Å². The monoisotopic (exact) mass is 238 g/mol. The molecular weight excluding hydrogens is 224 g/mol. The van der Waals surface area contributed by atoms with E-state index in [0.717, 1.165) is 0 Å². The summed E-state index contributed by atoms with van der Waals surface area (Å²) in [4.78, 5) is 14.0. The number of rotatable bonds is 4. The molecule has 0 spiro atoms. The van der Waals surface area contributed by atoms with E-state index in [2.05, 4.69) is 4.99 Å². The first kappa shape index (κ1) is 13.1. The fraction of sp³-hybridized carbons (Fsp3) is 0.364. The second-order valence-electron chi connectivity index (χ2n) is 4.20. The lowest BCUT2D eigenvalue weighted by atomic mass is 10.1. The number of phenolic OH excluding ortho intramolecular Hbond substituents is 1. The predicted molar refractivity (Wildman–Crippen MR) is 63.5 cm³/mol. The summed E-state index contributed by atoms with van der Waals surface area (Å²) in [6.45, 7) is 3.26. The smallest absolute Gasteiger partial charge is 0.311 e. The highest BCUT2D eigenvalue weighted by Gasteiger charge is 2.17. The molecule has 0 saturated heterocycles. The van der Waals surface area contributed by atoms with Crippen molar-refractivity contribution < 1.29 is 15.1 Å². The molecular formula is C11H14N2O4. The number of aliphatic hydroxyl groups excluding tert-OH is 1. The zero-order valence-electron chi connectivity index (χ0n) is 9.62. The average Bonchev–Trinajstić information content (AvgIpc) is 2.27. The largest absolute Gasteiger partial charge is 0.502 e. The van der Waals surface area contributed by atoms with Gasteiger partial charge in [0, 0.05) is 17.8 Å². The molecule has 0 aliphatic heterocycles. The second-order valence-corrected chi connectivity index (χ2v) is 4.20. The second kappa shape index (κ2) is 4.92. The van der Waals surface area contributed by atoms with Crippen LogP contribution >= 0.6 is 0 Å². The van der Waals surface area contributed by atoms with Crippen LogP contribution in [-0.4, -0.2) is 33.5 Å². The van der Waals surface area contributed by atoms with E-state index in [-0.39, 0.29) is 17.9 Å². The molecule has 0 atom stereocenters. The third-order valence-corrected chi connectivity index (χ3v) is 2.18. The number of nitro groups is 1. The molecule has 0 amide bonds. The van der Waals surface area contributed by atoms with Gasteiger partial charge >= 0.3 is 5.69 Å². The Labute approximate surface area is 98.4 Å². The minimum atomic E-state index is -0.683. The summed E-state index contributed by atoms with van der Waals surface area (Å²) in [7, 11) is 0. The zero-order chi connectivity index (χ0) is 13.1. The van der Waals surface area contributed by atoms with Gasteiger partial charge in [-0.1, -0.05) is 6.07 Å². The molecule has 1 rings (SSSR count). The minimum absolute atomic E-state index is 0.154. The fourth-order valence-electron chi connectivity index (χ4n) is 1.09. The summed E-state index contributed by atoms with van der Waals surface area (Å²) >= 11 is 0. The Morgan fingerprint density at radius 2 is 2.18 bits per heavy atom. The van der Waals surface area contributed by atoms with Crippen LogP contribution in [0.4, 0.5) is 5.69 Å². The molecule has 6 nitrogen and oxygen atoms in total. The summed E-state index contributed by atoms with van der Waals surface area (Å²) < 4.78 is 0. The van der Waals surface area contributed by atoms with Crippen LogP contribution in [0.25, 0.3) is 0 Å². The lowest BCUT2D eigenvalue weighted by Crippen LogP contribution is -2.21. The molecule has 0 fully saturated rings. The molecule has 6 heteroatoms. The van der Waals surface area contributed by atoms with Gasteiger partial charge in [-0.3, -0.25) is 15.1 Å². The highest BCUT2D eigenvalue weighted by molar-refractivity contribution is 5.85. The predicted octanol–water partition coefficient (Wildman–Crippen LogP) is 1.49. The first-order valence-electron chi connectivity index (χ1n) is 5.00. The van der Waals surface area contributed by atoms with Crippen LogP contribution in [0.5, 0.6) is 5.75 Å². The number of hydrogen-bond donors (Lipinski definition) is 2. The number of nitrogens with zero attached hydrogens (tertiary/aromatic N) is 2. The van der Waals surface area contributed by atoms with Gasteiger partial charge in [-0.25, -0.2) is 0 Å². The lowest BCUT2D eigenvalue weighted by molar-refractivity contribution is -0.385. The van der Waals surface area contributed by atoms with Crippen LogP contribution in [0.15, 0.2) is 23.2 Å². The summed E-state index contributed by atoms with van der Waals surface area (Å²) in [6.07, 6.45) is 1.32. The summed E-state index contributed by atoms with van der Waals surface area (Å²) in [5.74, 6) is -0.421. The molecule has 92 valence electrons. The van der Waals surface area contributed by atoms with Crippen molar-refractivity contribution in [1.29, 1.82) is 0 Å². The molecule has 17 heavy (non-hydrogen) atoms. The molecule has 0 saturated carbocycles. The molecule has 2 N–H and O–H groups in total. The van der Waals surface area contributed by atoms with Gasteiger partial charge < -0.3 is 10.2 Å². The van der Waals surface area contributed by atoms with Gasteiger partial charge in [-0.2, -0.15) is 0 Å². The van der Waals surface area contributed by atoms with Crippen molar-refractivity contribution in [1.82, 2.24) is 0 Å². The van der Waals surface area contributed by atoms with Crippen LogP contribution in [0.2, 0.25) is 0 Å². The number of aromatic hydroxyl groups is 1. The van der Waals surface area contributed by atoms with Gasteiger partial charge in [0.25, 0.3) is 0 Å². The Hall–Kier alpha value is -1.95. The molecule has 1 aromatic carbocycles. The lowest BCUT2D eigenvalue weighted by Gasteiger charge is -2.15. The Bertz CT molecular complexity index is 455. The highest BCUT2D eigenvalue weighted by Crippen LogP contribution is 2.28. The number of aliphatic hydroxyl groups is 1. The van der Waals surface area contributed by atoms with Crippen molar-refractivity contribution in [2.45, 2.75) is 19.4 Å². The third kappa shape index (κ3) is 3.25. The van der Waals surface area contributed by atoms with E-state index >= 15 is 0 Å². The number of aliphatic imine (C=N–C) groups is 1. The van der Waals surface area contributed by atoms with Crippen molar-refractivity contribution in [2.75, 3.05) is 6.61 Å². The Kier molecular flexibility index (Phi) is 3.80. The van der Waals surface area contributed by atoms with Crippen molar-refractivity contribution in [2.24, 2.45) is 4.99 Å². The van der Waals surface area contributed by atoms with Crippen molar-refractivity contribution in [3.05, 3.63) is 33.9 Å². The molecule has 0 radical (unpaired) electrons. The van der Waals surface area contributed by atoms with Crippen LogP contribution in [0.3, 0.4) is 0 Å². The molecule has 0 heterocycles. The van der Waals surface area contributed by atoms with Gasteiger partial charge in [0.1, 0.15) is 0 Å². The van der Waals surface area contributed by atoms with Gasteiger partial charge in [-0.05, 0) is 19.9 Å². The van der Waals surface area contributed by atoms with E-state index in [1.54, 1.807) is 13.8 Å². The van der Waals surface area contributed by atoms with Gasteiger partial charge in [0.05, 0.1) is 17.1 Å². The number of phenols is 1. The Morgan fingerprint density at radius 3 is 2.71 bits per heavy atom. The molecule has 0 aliphatic rings. The number of para-hydroxylation sites is 1. The molecule has 0 aliphatic carbocycles. The summed E-state index contributed by atoms with van der Waals surface area (Å²) in [5.41, 5.74) is -0.798. The Morgan fingerprint density at radius 1 is 1.53 bits per heavy atom. The Balaban J connectivity index is 3.09. The number of benzene rings is 1. The molecule has 0 unspecified atom stereocenters. The molecule has 1 aromatic rings. The maximum absolute atomic E-state index is 10.6. The van der Waals surface area contributed by atoms with Crippen LogP contribution in [0.1, 0.15) is 19.4 Å². The molecule has 0 aromatic heterocycles. The maximum atomic E-state index is 10.6. The minimum Gasteiger partial charge on any atom is -0.502 e. The van der Waals surface area contributed by atoms with Crippen molar-refractivity contribution in [3.8, 4) is 5.75 Å². The van der Waals surface area contributed by atoms with Crippen molar-refractivity contribution >= 4 is 11.9 Å². The number of nitro benzene ring substituents is 1. The van der Waals surface area contributed by atoms with Crippen LogP contribution < -0.4 is 0 Å². The quantitative estimate of drug-likeness (QED) is 0.472. The van der Waals surface area contributed by atoms with E-state index < -0.39 is 16.2 Å². The van der Waals surface area contributed by atoms with E-state index in [9.17, 15) is 15.2 Å². The van der Waals surface area contributed by atoms with E-state index in [1.165, 1.54) is 24.4 Å². The zero-order valence-corrected chi connectivity index (χ0v) is 9.62. The number of hydrogen-bond acceptors (Lipinski definition) is 5. The van der Waals surface area contributed by atoms with Gasteiger partial charge in [0.2, 0.25) is 5.75 Å². The third-order valence-electron chi connectivity index (χ3n) is 2.18. The highest BCUT2D eigenvalue weighted by atomic mass is 16.6. The van der Waals surface area contributed by atoms with E-state index in [4.69, 9.17) is 5.11 Å². The van der Waals surface area contributed by atoms with Gasteiger partial charge in [-0.15, -0.1) is 0 Å². The summed E-state index contributed by atoms with van der Waals surface area (Å²) in [5, 5.41) is 29.2. The van der Waals surface area contributed by atoms with E-state index in [0.29, 0.717) is 0 Å².